The van der Waals surface area contributed by atoms with Crippen molar-refractivity contribution in [1.29, 1.82) is 0 Å². The molecule has 0 aliphatic carbocycles. The minimum absolute atomic E-state index is 0.517. The average Bonchev–Trinajstić information content (AvgIpc) is 3.23. The first kappa shape index (κ1) is 57.5. The molecular weight excluding hydrogens is 748 g/mol. The van der Waals surface area contributed by atoms with E-state index >= 15 is 0 Å². The van der Waals surface area contributed by atoms with Crippen LogP contribution in [-0.2, 0) is 61.6 Å². The molecule has 0 aromatic carbocycles. The van der Waals surface area contributed by atoms with Gasteiger partial charge in [0, 0.05) is 13.2 Å². The Morgan fingerprint density at radius 3 is 0.414 bits per heavy atom. The summed E-state index contributed by atoms with van der Waals surface area (Å²) >= 11 is 0. The molecule has 0 aliphatic heterocycles. The molecule has 13 heteroatoms. The highest BCUT2D eigenvalue weighted by Crippen LogP contribution is 2.11. The highest BCUT2D eigenvalue weighted by Gasteiger charge is 1.98. The fourth-order valence-electron chi connectivity index (χ4n) is 5.59. The van der Waals surface area contributed by atoms with Crippen molar-refractivity contribution in [2.75, 3.05) is 172 Å². The van der Waals surface area contributed by atoms with Crippen LogP contribution >= 0.6 is 0 Å². The Morgan fingerprint density at radius 1 is 0.138 bits per heavy atom. The first-order chi connectivity index (χ1) is 28.9. The van der Waals surface area contributed by atoms with E-state index in [0.29, 0.717) is 159 Å². The lowest BCUT2D eigenvalue weighted by Crippen LogP contribution is -2.15. The van der Waals surface area contributed by atoms with Crippen molar-refractivity contribution in [3.63, 3.8) is 0 Å². The van der Waals surface area contributed by atoms with Crippen molar-refractivity contribution in [2.45, 2.75) is 123 Å². The van der Waals surface area contributed by atoms with Crippen molar-refractivity contribution in [1.82, 2.24) is 0 Å². The van der Waals surface area contributed by atoms with Crippen LogP contribution in [0.5, 0.6) is 0 Å². The zero-order valence-corrected chi connectivity index (χ0v) is 37.7. The molecule has 0 rings (SSSR count). The van der Waals surface area contributed by atoms with Crippen molar-refractivity contribution < 1.29 is 61.6 Å². The first-order valence-electron chi connectivity index (χ1n) is 23.4. The minimum Gasteiger partial charge on any atom is -0.379 e. The van der Waals surface area contributed by atoms with Gasteiger partial charge in [-0.3, -0.25) is 0 Å². The summed E-state index contributed by atoms with van der Waals surface area (Å²) in [5.74, 6) is 0. The van der Waals surface area contributed by atoms with Crippen LogP contribution in [0.1, 0.15) is 123 Å². The standard InChI is InChI=1S/C45H92O13/c1-3-5-7-9-11-12-13-14-15-17-19-21-47-23-25-49-27-29-51-31-33-53-35-37-55-39-41-57-43-45-58-44-42-56-40-38-54-36-34-52-32-30-50-28-26-48-24-22-46-20-18-16-10-8-6-4-2/h3-45H2,1-2H3. The fourth-order valence-corrected chi connectivity index (χ4v) is 5.59. The Labute approximate surface area is 355 Å². The molecular formula is C45H92O13. The zero-order valence-electron chi connectivity index (χ0n) is 37.7. The Hall–Kier alpha value is -0.520. The van der Waals surface area contributed by atoms with Crippen molar-refractivity contribution in [2.24, 2.45) is 0 Å². The molecule has 0 N–H and O–H groups in total. The number of hydrogen-bond donors (Lipinski definition) is 0. The molecule has 0 amide bonds. The van der Waals surface area contributed by atoms with Crippen LogP contribution in [-0.4, -0.2) is 172 Å². The molecule has 0 unspecified atom stereocenters. The minimum atomic E-state index is 0.517. The van der Waals surface area contributed by atoms with E-state index in [9.17, 15) is 0 Å². The summed E-state index contributed by atoms with van der Waals surface area (Å²) in [6.45, 7) is 19.4. The predicted octanol–water partition coefficient (Wildman–Crippen LogP) is 7.87. The molecule has 0 aliphatic rings. The van der Waals surface area contributed by atoms with Gasteiger partial charge in [0.1, 0.15) is 0 Å². The smallest absolute Gasteiger partial charge is 0.0701 e. The van der Waals surface area contributed by atoms with Crippen LogP contribution in [0.2, 0.25) is 0 Å². The van der Waals surface area contributed by atoms with Gasteiger partial charge in [0.15, 0.2) is 0 Å². The molecule has 0 spiro atoms. The lowest BCUT2D eigenvalue weighted by Gasteiger charge is -2.09. The van der Waals surface area contributed by atoms with Crippen LogP contribution < -0.4 is 0 Å². The molecule has 0 aromatic rings. The summed E-state index contributed by atoms with van der Waals surface area (Å²) in [6, 6.07) is 0. The first-order valence-corrected chi connectivity index (χ1v) is 23.4. The average molecular weight is 841 g/mol. The summed E-state index contributed by atoms with van der Waals surface area (Å²) in [6.07, 6.45) is 22.6. The largest absolute Gasteiger partial charge is 0.379 e. The van der Waals surface area contributed by atoms with Gasteiger partial charge in [-0.2, -0.15) is 0 Å². The SMILES string of the molecule is CCCCCCCCCCCCCOCCOCCOCCOCCOCCOCCOCCOCCOCCOCCOCCOCCOCCCCCCCC. The fraction of sp³-hybridized carbons (Fsp3) is 1.00. The molecule has 0 atom stereocenters. The van der Waals surface area contributed by atoms with Gasteiger partial charge < -0.3 is 61.6 Å². The molecule has 0 saturated carbocycles. The molecule has 0 fully saturated rings. The van der Waals surface area contributed by atoms with E-state index in [1.807, 2.05) is 0 Å². The summed E-state index contributed by atoms with van der Waals surface area (Å²) in [7, 11) is 0. The molecule has 0 aromatic heterocycles. The van der Waals surface area contributed by atoms with Crippen LogP contribution in [0.25, 0.3) is 0 Å². The lowest BCUT2D eigenvalue weighted by molar-refractivity contribution is -0.0290. The van der Waals surface area contributed by atoms with Crippen molar-refractivity contribution in [3.8, 4) is 0 Å². The van der Waals surface area contributed by atoms with Gasteiger partial charge in [-0.15, -0.1) is 0 Å². The molecule has 0 heterocycles. The van der Waals surface area contributed by atoms with Gasteiger partial charge in [0.25, 0.3) is 0 Å². The normalized spacial score (nSPS) is 11.7. The lowest BCUT2D eigenvalue weighted by atomic mass is 10.1. The Balaban J connectivity index is 3.05. The summed E-state index contributed by atoms with van der Waals surface area (Å²) in [5.41, 5.74) is 0. The number of rotatable bonds is 55. The molecule has 0 radical (unpaired) electrons. The monoisotopic (exact) mass is 841 g/mol. The topological polar surface area (TPSA) is 120 Å². The third-order valence-corrected chi connectivity index (χ3v) is 9.00. The van der Waals surface area contributed by atoms with Gasteiger partial charge >= 0.3 is 0 Å². The molecule has 350 valence electrons. The van der Waals surface area contributed by atoms with E-state index in [1.165, 1.54) is 96.3 Å². The second-order valence-corrected chi connectivity index (χ2v) is 14.3. The maximum absolute atomic E-state index is 5.67. The second-order valence-electron chi connectivity index (χ2n) is 14.3. The number of ether oxygens (including phenoxy) is 13. The van der Waals surface area contributed by atoms with E-state index < -0.39 is 0 Å². The van der Waals surface area contributed by atoms with Gasteiger partial charge in [-0.25, -0.2) is 0 Å². The van der Waals surface area contributed by atoms with Crippen LogP contribution in [0, 0.1) is 0 Å². The molecule has 0 bridgehead atoms. The summed E-state index contributed by atoms with van der Waals surface area (Å²) < 4.78 is 72.1. The number of unbranched alkanes of at least 4 members (excludes halogenated alkanes) is 15. The maximum atomic E-state index is 5.67. The van der Waals surface area contributed by atoms with Gasteiger partial charge in [-0.1, -0.05) is 110 Å². The van der Waals surface area contributed by atoms with E-state index in [4.69, 9.17) is 61.6 Å². The Kier molecular flexibility index (Phi) is 56.0. The summed E-state index contributed by atoms with van der Waals surface area (Å²) in [5, 5.41) is 0. The van der Waals surface area contributed by atoms with Crippen LogP contribution in [0.4, 0.5) is 0 Å². The highest BCUT2D eigenvalue weighted by atomic mass is 16.6. The Bertz CT molecular complexity index is 639. The van der Waals surface area contributed by atoms with E-state index in [1.54, 1.807) is 0 Å². The van der Waals surface area contributed by atoms with E-state index in [0.717, 1.165) is 26.1 Å². The van der Waals surface area contributed by atoms with Gasteiger partial charge in [0.05, 0.1) is 159 Å². The van der Waals surface area contributed by atoms with Gasteiger partial charge in [0.2, 0.25) is 0 Å². The van der Waals surface area contributed by atoms with Crippen molar-refractivity contribution in [3.05, 3.63) is 0 Å². The third-order valence-electron chi connectivity index (χ3n) is 9.00. The van der Waals surface area contributed by atoms with Gasteiger partial charge in [-0.05, 0) is 12.8 Å². The van der Waals surface area contributed by atoms with Crippen molar-refractivity contribution >= 4 is 0 Å². The van der Waals surface area contributed by atoms with E-state index in [-0.39, 0.29) is 0 Å². The number of hydrogen-bond acceptors (Lipinski definition) is 13. The highest BCUT2D eigenvalue weighted by molar-refractivity contribution is 4.49. The van der Waals surface area contributed by atoms with Crippen LogP contribution in [0.3, 0.4) is 0 Å². The third kappa shape index (κ3) is 55.5. The maximum Gasteiger partial charge on any atom is 0.0701 e. The quantitative estimate of drug-likeness (QED) is 0.0553. The molecule has 58 heavy (non-hydrogen) atoms. The predicted molar refractivity (Wildman–Crippen MR) is 230 cm³/mol. The molecule has 0 saturated heterocycles. The molecule has 13 nitrogen and oxygen atoms in total. The Morgan fingerprint density at radius 2 is 0.259 bits per heavy atom. The summed E-state index contributed by atoms with van der Waals surface area (Å²) in [4.78, 5) is 0. The second kappa shape index (κ2) is 56.5. The van der Waals surface area contributed by atoms with Crippen LogP contribution in [0.15, 0.2) is 0 Å². The zero-order chi connectivity index (χ0) is 41.6. The van der Waals surface area contributed by atoms with E-state index in [2.05, 4.69) is 13.8 Å².